The minimum atomic E-state index is -0.316. The Morgan fingerprint density at radius 3 is 2.70 bits per heavy atom. The molecule has 6 heteroatoms. The van der Waals surface area contributed by atoms with Gasteiger partial charge < -0.3 is 20.7 Å². The fraction of sp³-hybridized carbons (Fsp3) is 0.429. The zero-order chi connectivity index (χ0) is 14.5. The number of methoxy groups -OCH3 is 1. The number of benzene rings is 1. The highest BCUT2D eigenvalue weighted by Gasteiger charge is 2.28. The summed E-state index contributed by atoms with van der Waals surface area (Å²) in [7, 11) is 1.62. The van der Waals surface area contributed by atoms with Crippen LogP contribution in [0.25, 0.3) is 0 Å². The molecule has 1 saturated heterocycles. The van der Waals surface area contributed by atoms with E-state index in [0.29, 0.717) is 5.11 Å². The Bertz CT molecular complexity index is 490. The lowest BCUT2D eigenvalue weighted by Crippen LogP contribution is -2.51. The number of nitrogens with zero attached hydrogens (tertiary/aromatic N) is 1. The van der Waals surface area contributed by atoms with E-state index in [4.69, 9.17) is 22.7 Å². The number of anilines is 1. The van der Waals surface area contributed by atoms with Crippen molar-refractivity contribution in [3.05, 3.63) is 24.3 Å². The van der Waals surface area contributed by atoms with Gasteiger partial charge in [0.15, 0.2) is 5.11 Å². The van der Waals surface area contributed by atoms with Crippen LogP contribution in [0.15, 0.2) is 24.3 Å². The van der Waals surface area contributed by atoms with Crippen molar-refractivity contribution in [1.29, 1.82) is 0 Å². The number of piperidine rings is 1. The molecule has 0 saturated carbocycles. The summed E-state index contributed by atoms with van der Waals surface area (Å²) in [6, 6.07) is 7.17. The average Bonchev–Trinajstić information content (AvgIpc) is 2.48. The Morgan fingerprint density at radius 2 is 2.10 bits per heavy atom. The molecule has 0 aromatic heterocycles. The summed E-state index contributed by atoms with van der Waals surface area (Å²) in [4.78, 5) is 13.4. The summed E-state index contributed by atoms with van der Waals surface area (Å²) in [5, 5.41) is 3.68. The quantitative estimate of drug-likeness (QED) is 0.831. The van der Waals surface area contributed by atoms with E-state index in [1.54, 1.807) is 7.11 Å². The Labute approximate surface area is 124 Å². The van der Waals surface area contributed by atoms with E-state index in [-0.39, 0.29) is 11.9 Å². The first-order chi connectivity index (χ1) is 9.61. The van der Waals surface area contributed by atoms with Crippen molar-refractivity contribution in [1.82, 2.24) is 4.90 Å². The predicted octanol–water partition coefficient (Wildman–Crippen LogP) is 1.73. The highest BCUT2D eigenvalue weighted by Crippen LogP contribution is 2.20. The van der Waals surface area contributed by atoms with E-state index in [9.17, 15) is 4.79 Å². The maximum absolute atomic E-state index is 11.5. The number of hydrogen-bond acceptors (Lipinski definition) is 3. The second-order valence-corrected chi connectivity index (χ2v) is 5.15. The van der Waals surface area contributed by atoms with Crippen LogP contribution in [0.1, 0.15) is 19.3 Å². The van der Waals surface area contributed by atoms with Gasteiger partial charge in [-0.1, -0.05) is 0 Å². The molecule has 0 aliphatic carbocycles. The molecular formula is C14H19N3O2S. The molecule has 1 heterocycles. The summed E-state index contributed by atoms with van der Waals surface area (Å²) in [5.74, 6) is 0.470. The van der Waals surface area contributed by atoms with Crippen molar-refractivity contribution in [3.63, 3.8) is 0 Å². The first-order valence-corrected chi connectivity index (χ1v) is 7.03. The SMILES string of the molecule is COc1ccc(NC(=S)N2CCCC[C@@H]2C(N)=O)cc1. The molecule has 108 valence electrons. The van der Waals surface area contributed by atoms with Gasteiger partial charge in [0.2, 0.25) is 5.91 Å². The molecule has 1 amide bonds. The van der Waals surface area contributed by atoms with Crippen LogP contribution in [0.4, 0.5) is 5.69 Å². The van der Waals surface area contributed by atoms with E-state index < -0.39 is 0 Å². The number of rotatable bonds is 3. The molecule has 0 radical (unpaired) electrons. The van der Waals surface area contributed by atoms with Crippen LogP contribution in [0.3, 0.4) is 0 Å². The molecule has 1 aromatic carbocycles. The van der Waals surface area contributed by atoms with Crippen LogP contribution in [0.5, 0.6) is 5.75 Å². The van der Waals surface area contributed by atoms with E-state index in [0.717, 1.165) is 37.2 Å². The van der Waals surface area contributed by atoms with Crippen molar-refractivity contribution < 1.29 is 9.53 Å². The molecule has 0 unspecified atom stereocenters. The topological polar surface area (TPSA) is 67.6 Å². The number of carbonyl (C=O) groups is 1. The van der Waals surface area contributed by atoms with Gasteiger partial charge in [0.25, 0.3) is 0 Å². The van der Waals surface area contributed by atoms with Gasteiger partial charge >= 0.3 is 0 Å². The van der Waals surface area contributed by atoms with Crippen LogP contribution in [0, 0.1) is 0 Å². The summed E-state index contributed by atoms with van der Waals surface area (Å²) in [6.07, 6.45) is 2.79. The molecule has 0 spiro atoms. The van der Waals surface area contributed by atoms with Gasteiger partial charge in [-0.05, 0) is 55.7 Å². The minimum absolute atomic E-state index is 0.304. The standard InChI is InChI=1S/C14H19N3O2S/c1-19-11-7-5-10(6-8-11)16-14(20)17-9-3-2-4-12(17)13(15)18/h5-8,12H,2-4,9H2,1H3,(H2,15,18)(H,16,20)/t12-/m1/s1. The Kier molecular flexibility index (Phi) is 4.79. The van der Waals surface area contributed by atoms with Crippen molar-refractivity contribution in [2.45, 2.75) is 25.3 Å². The minimum Gasteiger partial charge on any atom is -0.497 e. The van der Waals surface area contributed by atoms with Gasteiger partial charge in [-0.2, -0.15) is 0 Å². The maximum atomic E-state index is 11.5. The molecule has 1 aromatic rings. The lowest BCUT2D eigenvalue weighted by molar-refractivity contribution is -0.122. The Morgan fingerprint density at radius 1 is 1.40 bits per heavy atom. The normalized spacial score (nSPS) is 18.4. The molecule has 1 aliphatic rings. The molecule has 1 fully saturated rings. The largest absolute Gasteiger partial charge is 0.497 e. The van der Waals surface area contributed by atoms with Crippen molar-refractivity contribution in [3.8, 4) is 5.75 Å². The lowest BCUT2D eigenvalue weighted by atomic mass is 10.0. The van der Waals surface area contributed by atoms with Gasteiger partial charge in [-0.25, -0.2) is 0 Å². The second-order valence-electron chi connectivity index (χ2n) is 4.77. The van der Waals surface area contributed by atoms with Crippen LogP contribution in [-0.4, -0.2) is 35.6 Å². The van der Waals surface area contributed by atoms with Crippen LogP contribution >= 0.6 is 12.2 Å². The molecule has 1 atom stereocenters. The van der Waals surface area contributed by atoms with Crippen LogP contribution in [-0.2, 0) is 4.79 Å². The molecular weight excluding hydrogens is 274 g/mol. The van der Waals surface area contributed by atoms with E-state index in [1.807, 2.05) is 29.2 Å². The third kappa shape index (κ3) is 3.39. The summed E-state index contributed by atoms with van der Waals surface area (Å²) < 4.78 is 5.11. The fourth-order valence-corrected chi connectivity index (χ4v) is 2.68. The van der Waals surface area contributed by atoms with Gasteiger partial charge in [0, 0.05) is 12.2 Å². The molecule has 2 rings (SSSR count). The zero-order valence-electron chi connectivity index (χ0n) is 11.5. The lowest BCUT2D eigenvalue weighted by Gasteiger charge is -2.35. The van der Waals surface area contributed by atoms with Gasteiger partial charge in [0.05, 0.1) is 7.11 Å². The third-order valence-electron chi connectivity index (χ3n) is 3.43. The monoisotopic (exact) mass is 293 g/mol. The first-order valence-electron chi connectivity index (χ1n) is 6.63. The van der Waals surface area contributed by atoms with Crippen molar-refractivity contribution >= 4 is 28.9 Å². The number of ether oxygens (including phenoxy) is 1. The van der Waals surface area contributed by atoms with Crippen molar-refractivity contribution in [2.24, 2.45) is 5.73 Å². The smallest absolute Gasteiger partial charge is 0.240 e. The highest BCUT2D eigenvalue weighted by atomic mass is 32.1. The van der Waals surface area contributed by atoms with E-state index >= 15 is 0 Å². The van der Waals surface area contributed by atoms with E-state index in [1.165, 1.54) is 0 Å². The fourth-order valence-electron chi connectivity index (χ4n) is 2.34. The van der Waals surface area contributed by atoms with Crippen LogP contribution in [0.2, 0.25) is 0 Å². The number of primary amides is 1. The predicted molar refractivity (Wildman–Crippen MR) is 82.8 cm³/mol. The molecule has 1 aliphatic heterocycles. The molecule has 0 bridgehead atoms. The highest BCUT2D eigenvalue weighted by molar-refractivity contribution is 7.80. The molecule has 5 nitrogen and oxygen atoms in total. The van der Waals surface area contributed by atoms with Gasteiger partial charge in [0.1, 0.15) is 11.8 Å². The van der Waals surface area contributed by atoms with E-state index in [2.05, 4.69) is 5.32 Å². The summed E-state index contributed by atoms with van der Waals surface area (Å²) >= 11 is 5.39. The Hall–Kier alpha value is -1.82. The molecule has 20 heavy (non-hydrogen) atoms. The number of carbonyl (C=O) groups excluding carboxylic acids is 1. The number of thiocarbonyl (C=S) groups is 1. The number of nitrogens with one attached hydrogen (secondary N) is 1. The zero-order valence-corrected chi connectivity index (χ0v) is 12.3. The van der Waals surface area contributed by atoms with Gasteiger partial charge in [-0.15, -0.1) is 0 Å². The summed E-state index contributed by atoms with van der Waals surface area (Å²) in [6.45, 7) is 0.760. The average molecular weight is 293 g/mol. The number of amides is 1. The number of nitrogens with two attached hydrogens (primary N) is 1. The summed E-state index contributed by atoms with van der Waals surface area (Å²) in [5.41, 5.74) is 6.31. The molecule has 3 N–H and O–H groups in total. The van der Waals surface area contributed by atoms with Crippen LogP contribution < -0.4 is 15.8 Å². The van der Waals surface area contributed by atoms with Gasteiger partial charge in [-0.3, -0.25) is 4.79 Å². The third-order valence-corrected chi connectivity index (χ3v) is 3.77. The first kappa shape index (κ1) is 14.6. The maximum Gasteiger partial charge on any atom is 0.240 e. The number of hydrogen-bond donors (Lipinski definition) is 2. The Balaban J connectivity index is 2.03. The second kappa shape index (κ2) is 6.56. The van der Waals surface area contributed by atoms with Crippen molar-refractivity contribution in [2.75, 3.05) is 19.0 Å². The number of likely N-dealkylation sites (tertiary alicyclic amines) is 1.